The summed E-state index contributed by atoms with van der Waals surface area (Å²) in [7, 11) is 0. The zero-order valence-electron chi connectivity index (χ0n) is 5.76. The number of aliphatic hydroxyl groups is 1. The number of alkyl halides is 2. The van der Waals surface area contributed by atoms with Gasteiger partial charge in [-0.3, -0.25) is 0 Å². The molecule has 0 heterocycles. The predicted molar refractivity (Wildman–Crippen MR) is 49.9 cm³/mol. The first-order chi connectivity index (χ1) is 4.74. The van der Waals surface area contributed by atoms with Crippen molar-refractivity contribution >= 4 is 31.9 Å². The number of halogens is 2. The number of rotatable bonds is 1. The van der Waals surface area contributed by atoms with Crippen molar-refractivity contribution in [2.24, 2.45) is 5.92 Å². The third kappa shape index (κ3) is 2.21. The molecule has 1 aliphatic rings. The molecule has 0 amide bonds. The summed E-state index contributed by atoms with van der Waals surface area (Å²) in [6, 6.07) is 0. The molecule has 0 aromatic heterocycles. The van der Waals surface area contributed by atoms with Crippen LogP contribution >= 0.6 is 31.9 Å². The van der Waals surface area contributed by atoms with Gasteiger partial charge in [0.2, 0.25) is 0 Å². The van der Waals surface area contributed by atoms with Gasteiger partial charge in [0.05, 0.1) is 0 Å². The highest BCUT2D eigenvalue weighted by Gasteiger charge is 2.25. The van der Waals surface area contributed by atoms with Gasteiger partial charge in [0.25, 0.3) is 0 Å². The van der Waals surface area contributed by atoms with Crippen LogP contribution in [0.15, 0.2) is 0 Å². The first kappa shape index (κ1) is 9.01. The van der Waals surface area contributed by atoms with Gasteiger partial charge in [0.15, 0.2) is 0 Å². The van der Waals surface area contributed by atoms with Crippen LogP contribution in [0, 0.1) is 5.92 Å². The summed E-state index contributed by atoms with van der Waals surface area (Å²) in [4.78, 5) is 1.16. The largest absolute Gasteiger partial charge is 0.396 e. The van der Waals surface area contributed by atoms with Crippen LogP contribution in [-0.2, 0) is 0 Å². The van der Waals surface area contributed by atoms with Crippen molar-refractivity contribution in [3.8, 4) is 0 Å². The molecule has 1 N–H and O–H groups in total. The van der Waals surface area contributed by atoms with Gasteiger partial charge in [-0.25, -0.2) is 0 Å². The lowest BCUT2D eigenvalue weighted by Crippen LogP contribution is -2.26. The maximum atomic E-state index is 8.86. The molecule has 0 spiro atoms. The Morgan fingerprint density at radius 3 is 2.40 bits per heavy atom. The molecule has 1 rings (SSSR count). The molecular formula is C7H12Br2O. The summed E-state index contributed by atoms with van der Waals surface area (Å²) in [6.07, 6.45) is 3.45. The van der Waals surface area contributed by atoms with Crippen molar-refractivity contribution in [3.63, 3.8) is 0 Å². The molecule has 3 unspecified atom stereocenters. The fourth-order valence-corrected chi connectivity index (χ4v) is 2.60. The normalized spacial score (nSPS) is 41.7. The highest BCUT2D eigenvalue weighted by molar-refractivity contribution is 9.12. The number of aliphatic hydroxyl groups excluding tert-OH is 1. The maximum absolute atomic E-state index is 8.86. The first-order valence-electron chi connectivity index (χ1n) is 3.63. The van der Waals surface area contributed by atoms with Gasteiger partial charge in [-0.05, 0) is 25.2 Å². The Bertz CT molecular complexity index is 108. The summed E-state index contributed by atoms with van der Waals surface area (Å²) < 4.78 is 0. The van der Waals surface area contributed by atoms with Gasteiger partial charge < -0.3 is 5.11 Å². The lowest BCUT2D eigenvalue weighted by atomic mass is 9.90. The summed E-state index contributed by atoms with van der Waals surface area (Å²) in [5, 5.41) is 8.86. The minimum absolute atomic E-state index is 0.349. The van der Waals surface area contributed by atoms with E-state index in [0.717, 1.165) is 12.8 Å². The molecule has 0 aromatic carbocycles. The van der Waals surface area contributed by atoms with Crippen molar-refractivity contribution in [1.82, 2.24) is 0 Å². The fraction of sp³-hybridized carbons (Fsp3) is 1.00. The van der Waals surface area contributed by atoms with Gasteiger partial charge in [-0.2, -0.15) is 0 Å². The van der Waals surface area contributed by atoms with E-state index >= 15 is 0 Å². The summed E-state index contributed by atoms with van der Waals surface area (Å²) in [6.45, 7) is 0.349. The molecule has 0 saturated heterocycles. The number of hydrogen-bond donors (Lipinski definition) is 1. The van der Waals surface area contributed by atoms with Crippen molar-refractivity contribution < 1.29 is 5.11 Å². The SMILES string of the molecule is OCC1CCC(Br)C(Br)C1. The van der Waals surface area contributed by atoms with Gasteiger partial charge in [-0.1, -0.05) is 31.9 Å². The summed E-state index contributed by atoms with van der Waals surface area (Å²) in [5.41, 5.74) is 0. The third-order valence-corrected chi connectivity index (χ3v) is 4.88. The molecule has 10 heavy (non-hydrogen) atoms. The molecule has 1 saturated carbocycles. The molecule has 0 radical (unpaired) electrons. The zero-order chi connectivity index (χ0) is 7.56. The Morgan fingerprint density at radius 2 is 1.90 bits per heavy atom. The van der Waals surface area contributed by atoms with E-state index in [2.05, 4.69) is 31.9 Å². The Labute approximate surface area is 78.5 Å². The molecule has 3 atom stereocenters. The Hall–Kier alpha value is 0.920. The van der Waals surface area contributed by atoms with E-state index < -0.39 is 0 Å². The zero-order valence-corrected chi connectivity index (χ0v) is 8.94. The lowest BCUT2D eigenvalue weighted by Gasteiger charge is -2.28. The summed E-state index contributed by atoms with van der Waals surface area (Å²) in [5.74, 6) is 0.526. The molecule has 1 nitrogen and oxygen atoms in total. The lowest BCUT2D eigenvalue weighted by molar-refractivity contribution is 0.195. The molecule has 1 aliphatic carbocycles. The monoisotopic (exact) mass is 270 g/mol. The Morgan fingerprint density at radius 1 is 1.20 bits per heavy atom. The van der Waals surface area contributed by atoms with Crippen molar-refractivity contribution in [2.45, 2.75) is 28.9 Å². The van der Waals surface area contributed by atoms with Gasteiger partial charge in [0, 0.05) is 16.3 Å². The standard InChI is InChI=1S/C7H12Br2O/c8-6-2-1-5(4-10)3-7(6)9/h5-7,10H,1-4H2. The van der Waals surface area contributed by atoms with Crippen LogP contribution in [0.4, 0.5) is 0 Å². The molecule has 3 heteroatoms. The molecule has 60 valence electrons. The van der Waals surface area contributed by atoms with Crippen LogP contribution in [0.3, 0.4) is 0 Å². The van der Waals surface area contributed by atoms with E-state index in [1.807, 2.05) is 0 Å². The second kappa shape index (κ2) is 4.07. The summed E-state index contributed by atoms with van der Waals surface area (Å²) >= 11 is 7.16. The maximum Gasteiger partial charge on any atom is 0.0459 e. The first-order valence-corrected chi connectivity index (χ1v) is 5.46. The molecule has 1 fully saturated rings. The fourth-order valence-electron chi connectivity index (χ4n) is 1.33. The van der Waals surface area contributed by atoms with Crippen LogP contribution in [0.1, 0.15) is 19.3 Å². The van der Waals surface area contributed by atoms with Crippen LogP contribution in [0.2, 0.25) is 0 Å². The highest BCUT2D eigenvalue weighted by atomic mass is 79.9. The van der Waals surface area contributed by atoms with Gasteiger partial charge in [0.1, 0.15) is 0 Å². The average molecular weight is 272 g/mol. The molecule has 0 aliphatic heterocycles. The Balaban J connectivity index is 2.33. The molecular weight excluding hydrogens is 260 g/mol. The highest BCUT2D eigenvalue weighted by Crippen LogP contribution is 2.33. The minimum atomic E-state index is 0.349. The average Bonchev–Trinajstić information content (AvgIpc) is 1.95. The Kier molecular flexibility index (Phi) is 3.67. The van der Waals surface area contributed by atoms with Crippen LogP contribution < -0.4 is 0 Å². The van der Waals surface area contributed by atoms with E-state index in [0.29, 0.717) is 22.2 Å². The second-order valence-electron chi connectivity index (χ2n) is 2.89. The second-order valence-corrected chi connectivity index (χ2v) is 5.25. The van der Waals surface area contributed by atoms with E-state index in [1.165, 1.54) is 6.42 Å². The van der Waals surface area contributed by atoms with Crippen molar-refractivity contribution in [1.29, 1.82) is 0 Å². The quantitative estimate of drug-likeness (QED) is 0.726. The predicted octanol–water partition coefficient (Wildman–Crippen LogP) is 2.31. The van der Waals surface area contributed by atoms with E-state index in [1.54, 1.807) is 0 Å². The molecule has 0 bridgehead atoms. The van der Waals surface area contributed by atoms with E-state index in [-0.39, 0.29) is 0 Å². The van der Waals surface area contributed by atoms with Crippen LogP contribution in [0.25, 0.3) is 0 Å². The van der Waals surface area contributed by atoms with E-state index in [4.69, 9.17) is 5.11 Å². The smallest absolute Gasteiger partial charge is 0.0459 e. The molecule has 0 aromatic rings. The van der Waals surface area contributed by atoms with Crippen molar-refractivity contribution in [3.05, 3.63) is 0 Å². The van der Waals surface area contributed by atoms with Crippen LogP contribution in [0.5, 0.6) is 0 Å². The third-order valence-electron chi connectivity index (χ3n) is 2.06. The topological polar surface area (TPSA) is 20.2 Å². The number of hydrogen-bond acceptors (Lipinski definition) is 1. The van der Waals surface area contributed by atoms with Crippen LogP contribution in [-0.4, -0.2) is 21.4 Å². The minimum Gasteiger partial charge on any atom is -0.396 e. The van der Waals surface area contributed by atoms with E-state index in [9.17, 15) is 0 Å². The van der Waals surface area contributed by atoms with Crippen molar-refractivity contribution in [2.75, 3.05) is 6.61 Å². The van der Waals surface area contributed by atoms with Gasteiger partial charge >= 0.3 is 0 Å². The van der Waals surface area contributed by atoms with Gasteiger partial charge in [-0.15, -0.1) is 0 Å².